The Balaban J connectivity index is 0. The van der Waals surface area contributed by atoms with Gasteiger partial charge in [0.2, 0.25) is 6.17 Å². The molecule has 0 spiro atoms. The highest BCUT2D eigenvalue weighted by Gasteiger charge is 2.29. The Bertz CT molecular complexity index is 244. The molecule has 0 aliphatic heterocycles. The van der Waals surface area contributed by atoms with Gasteiger partial charge in [-0.25, -0.2) is 0 Å². The Morgan fingerprint density at radius 3 is 2.22 bits per heavy atom. The van der Waals surface area contributed by atoms with E-state index in [0.717, 1.165) is 13.3 Å². The van der Waals surface area contributed by atoms with E-state index < -0.39 is 16.9 Å². The zero-order valence-electron chi connectivity index (χ0n) is 11.2. The van der Waals surface area contributed by atoms with E-state index in [1.165, 1.54) is 0 Å². The van der Waals surface area contributed by atoms with Gasteiger partial charge in [-0.15, -0.1) is 6.58 Å². The second-order valence-electron chi connectivity index (χ2n) is 3.88. The normalized spacial score (nSPS) is 14.1. The summed E-state index contributed by atoms with van der Waals surface area (Å²) >= 11 is 0. The number of nitrogens with one attached hydrogen (secondary N) is 1. The summed E-state index contributed by atoms with van der Waals surface area (Å²) in [5, 5.41) is 39.0. The first-order valence-corrected chi connectivity index (χ1v) is 5.75. The molecule has 2 unspecified atom stereocenters. The summed E-state index contributed by atoms with van der Waals surface area (Å²) in [4.78, 5) is 8.37. The van der Waals surface area contributed by atoms with Gasteiger partial charge >= 0.3 is 0 Å². The van der Waals surface area contributed by atoms with Gasteiger partial charge in [-0.05, 0) is 18.2 Å². The van der Waals surface area contributed by atoms with Gasteiger partial charge in [0.25, 0.3) is 0 Å². The van der Waals surface area contributed by atoms with E-state index in [1.54, 1.807) is 13.0 Å². The van der Waals surface area contributed by atoms with E-state index in [-0.39, 0.29) is 6.17 Å². The van der Waals surface area contributed by atoms with E-state index in [4.69, 9.17) is 5.11 Å². The van der Waals surface area contributed by atoms with Gasteiger partial charge in [0.1, 0.15) is 6.54 Å². The fourth-order valence-corrected chi connectivity index (χ4v) is 0.923. The Morgan fingerprint density at radius 2 is 1.94 bits per heavy atom. The van der Waals surface area contributed by atoms with Crippen molar-refractivity contribution < 1.29 is 30.2 Å². The molecule has 0 amide bonds. The Hall–Kier alpha value is -0.990. The van der Waals surface area contributed by atoms with Crippen molar-refractivity contribution in [2.45, 2.75) is 39.5 Å². The number of rotatable bonds is 7. The number of nitrogens with zero attached hydrogens (tertiary/aromatic N) is 1. The summed E-state index contributed by atoms with van der Waals surface area (Å²) in [6.45, 7) is 9.19. The molecule has 0 rings (SSSR count). The highest BCUT2D eigenvalue weighted by molar-refractivity contribution is 5.68. The Morgan fingerprint density at radius 1 is 1.50 bits per heavy atom. The fourth-order valence-electron chi connectivity index (χ4n) is 0.923. The highest BCUT2D eigenvalue weighted by Crippen LogP contribution is 2.03. The zero-order valence-corrected chi connectivity index (χ0v) is 11.2. The topological polar surface area (TPSA) is 113 Å². The van der Waals surface area contributed by atoms with Crippen molar-refractivity contribution in [3.63, 3.8) is 0 Å². The summed E-state index contributed by atoms with van der Waals surface area (Å²) in [7, 11) is 0. The van der Waals surface area contributed by atoms with Crippen molar-refractivity contribution in [2.75, 3.05) is 13.1 Å². The van der Waals surface area contributed by atoms with Gasteiger partial charge in [0.05, 0.1) is 12.1 Å². The quantitative estimate of drug-likeness (QED) is 0.208. The van der Waals surface area contributed by atoms with Crippen LogP contribution in [0.5, 0.6) is 0 Å². The monoisotopic (exact) mass is 264 g/mol. The number of aliphatic carboxylic acids is 1. The summed E-state index contributed by atoms with van der Waals surface area (Å²) < 4.78 is 0. The van der Waals surface area contributed by atoms with Crippen LogP contribution in [0.1, 0.15) is 27.2 Å². The molecule has 108 valence electrons. The number of aliphatic hydroxyl groups is 1. The number of carboxylic acid groups (broad SMARTS) is 1. The van der Waals surface area contributed by atoms with Crippen molar-refractivity contribution in [2.24, 2.45) is 0 Å². The lowest BCUT2D eigenvalue weighted by Gasteiger charge is -2.27. The first-order valence-electron chi connectivity index (χ1n) is 5.75. The van der Waals surface area contributed by atoms with Gasteiger partial charge in [-0.3, -0.25) is 5.32 Å². The maximum absolute atomic E-state index is 9.41. The maximum Gasteiger partial charge on any atom is 0.202 e. The van der Waals surface area contributed by atoms with Crippen LogP contribution in [0.25, 0.3) is 0 Å². The third-order valence-corrected chi connectivity index (χ3v) is 2.07. The van der Waals surface area contributed by atoms with E-state index in [0.29, 0.717) is 13.1 Å². The van der Waals surface area contributed by atoms with E-state index in [9.17, 15) is 20.3 Å². The maximum atomic E-state index is 9.41. The number of hydroxylamine groups is 4. The molecule has 0 aromatic carbocycles. The first-order chi connectivity index (χ1) is 8.18. The average molecular weight is 264 g/mol. The molecule has 0 fully saturated rings. The molecule has 0 aromatic rings. The largest absolute Gasteiger partial charge is 0.547 e. The molecular weight excluding hydrogens is 240 g/mol. The zero-order chi connectivity index (χ0) is 14.8. The van der Waals surface area contributed by atoms with Crippen LogP contribution in [-0.4, -0.2) is 51.7 Å². The molecule has 0 radical (unpaired) electrons. The molecule has 0 aliphatic carbocycles. The number of aliphatic hydroxyl groups excluding tert-OH is 1. The molecule has 7 heteroatoms. The standard InChI is InChI=1S/C8H19N2O2.C3H6O3/c1-4-6-9-8(3)10(11,12)7-5-2;1-2(4)3(5)6/h4,8-9,11-12H,1,5-7H2,2-3H3;2,4H,1H3,(H,5,6)/q+1;/p-1. The Kier molecular flexibility index (Phi) is 10.7. The molecule has 0 aromatic heterocycles. The van der Waals surface area contributed by atoms with Crippen LogP contribution in [0.15, 0.2) is 12.7 Å². The molecule has 4 N–H and O–H groups in total. The molecule has 0 bridgehead atoms. The molecule has 0 heterocycles. The smallest absolute Gasteiger partial charge is 0.202 e. The van der Waals surface area contributed by atoms with Crippen LogP contribution >= 0.6 is 0 Å². The summed E-state index contributed by atoms with van der Waals surface area (Å²) in [6.07, 6.45) is 0.684. The summed E-state index contributed by atoms with van der Waals surface area (Å²) in [5.74, 6) is -1.44. The number of carbonyl (C=O) groups excluding carboxylic acids is 1. The minimum absolute atomic E-state index is 0.325. The molecule has 7 nitrogen and oxygen atoms in total. The van der Waals surface area contributed by atoms with Crippen LogP contribution in [-0.2, 0) is 4.79 Å². The van der Waals surface area contributed by atoms with Gasteiger partial charge in [-0.1, -0.05) is 13.0 Å². The van der Waals surface area contributed by atoms with Gasteiger partial charge in [0, 0.05) is 13.5 Å². The third-order valence-electron chi connectivity index (χ3n) is 2.07. The summed E-state index contributed by atoms with van der Waals surface area (Å²) in [5.41, 5.74) is 0. The SMILES string of the molecule is C=CCNC(C)[N+](O)(O)CCC.CC(O)C(=O)[O-]. The second kappa shape index (κ2) is 9.98. The van der Waals surface area contributed by atoms with Crippen molar-refractivity contribution in [1.29, 1.82) is 0 Å². The lowest BCUT2D eigenvalue weighted by atomic mass is 10.4. The molecule has 0 aliphatic rings. The van der Waals surface area contributed by atoms with Gasteiger partial charge in [0.15, 0.2) is 0 Å². The van der Waals surface area contributed by atoms with E-state index in [1.807, 2.05) is 6.92 Å². The first kappa shape index (κ1) is 19.4. The van der Waals surface area contributed by atoms with Crippen molar-refractivity contribution in [3.05, 3.63) is 12.7 Å². The lowest BCUT2D eigenvalue weighted by molar-refractivity contribution is -1.26. The van der Waals surface area contributed by atoms with Crippen LogP contribution in [0.3, 0.4) is 0 Å². The van der Waals surface area contributed by atoms with Crippen LogP contribution in [0, 0.1) is 0 Å². The van der Waals surface area contributed by atoms with Crippen molar-refractivity contribution in [3.8, 4) is 0 Å². The van der Waals surface area contributed by atoms with Crippen molar-refractivity contribution in [1.82, 2.24) is 5.32 Å². The second-order valence-corrected chi connectivity index (χ2v) is 3.88. The third kappa shape index (κ3) is 10.2. The minimum Gasteiger partial charge on any atom is -0.547 e. The van der Waals surface area contributed by atoms with Gasteiger partial charge in [-0.2, -0.15) is 10.4 Å². The predicted octanol–water partition coefficient (Wildman–Crippen LogP) is -0.770. The predicted molar refractivity (Wildman–Crippen MR) is 63.3 cm³/mol. The number of hydrogen-bond donors (Lipinski definition) is 4. The van der Waals surface area contributed by atoms with E-state index in [2.05, 4.69) is 11.9 Å². The fraction of sp³-hybridized carbons (Fsp3) is 0.727. The number of hydrogen-bond acceptors (Lipinski definition) is 6. The van der Waals surface area contributed by atoms with Crippen LogP contribution < -0.4 is 10.4 Å². The van der Waals surface area contributed by atoms with Crippen molar-refractivity contribution >= 4 is 5.97 Å². The van der Waals surface area contributed by atoms with E-state index >= 15 is 0 Å². The Labute approximate surface area is 107 Å². The molecule has 0 saturated heterocycles. The lowest BCUT2D eigenvalue weighted by Crippen LogP contribution is -2.55. The highest BCUT2D eigenvalue weighted by atomic mass is 16.8. The van der Waals surface area contributed by atoms with Crippen LogP contribution in [0.4, 0.5) is 0 Å². The van der Waals surface area contributed by atoms with Gasteiger partial charge < -0.3 is 15.0 Å². The number of carboxylic acids is 1. The summed E-state index contributed by atoms with van der Waals surface area (Å²) in [6, 6.07) is 0. The molecule has 2 atom stereocenters. The minimum atomic E-state index is -1.44. The molecule has 0 saturated carbocycles. The van der Waals surface area contributed by atoms with Crippen LogP contribution in [0.2, 0.25) is 0 Å². The molecular formula is C11H24N2O5. The molecule has 18 heavy (non-hydrogen) atoms. The number of carbonyl (C=O) groups is 1. The average Bonchev–Trinajstić information content (AvgIpc) is 2.26. The number of quaternary nitrogens is 1.